The van der Waals surface area contributed by atoms with Gasteiger partial charge in [0, 0.05) is 43.3 Å². The summed E-state index contributed by atoms with van der Waals surface area (Å²) in [5.41, 5.74) is 1.92. The SMILES string of the molecule is Cc1cc(N2CC(n3cccn3)C2)n2nccc2n1. The van der Waals surface area contributed by atoms with Crippen LogP contribution in [0.5, 0.6) is 0 Å². The van der Waals surface area contributed by atoms with Crippen LogP contribution in [-0.4, -0.2) is 37.5 Å². The second-order valence-electron chi connectivity index (χ2n) is 4.90. The fraction of sp³-hybridized carbons (Fsp3) is 0.308. The minimum absolute atomic E-state index is 0.453. The zero-order valence-electron chi connectivity index (χ0n) is 10.6. The Morgan fingerprint density at radius 3 is 2.89 bits per heavy atom. The van der Waals surface area contributed by atoms with Crippen molar-refractivity contribution in [3.8, 4) is 0 Å². The van der Waals surface area contributed by atoms with Gasteiger partial charge in [0.15, 0.2) is 5.65 Å². The second-order valence-corrected chi connectivity index (χ2v) is 4.90. The average molecular weight is 254 g/mol. The van der Waals surface area contributed by atoms with Crippen molar-refractivity contribution in [2.75, 3.05) is 18.0 Å². The zero-order valence-corrected chi connectivity index (χ0v) is 10.6. The summed E-state index contributed by atoms with van der Waals surface area (Å²) >= 11 is 0. The quantitative estimate of drug-likeness (QED) is 0.691. The lowest BCUT2D eigenvalue weighted by Gasteiger charge is -2.40. The molecular formula is C13H14N6. The smallest absolute Gasteiger partial charge is 0.157 e. The van der Waals surface area contributed by atoms with Crippen LogP contribution in [0, 0.1) is 6.92 Å². The highest BCUT2D eigenvalue weighted by Crippen LogP contribution is 2.27. The Morgan fingerprint density at radius 2 is 2.11 bits per heavy atom. The molecule has 0 unspecified atom stereocenters. The summed E-state index contributed by atoms with van der Waals surface area (Å²) in [7, 11) is 0. The lowest BCUT2D eigenvalue weighted by Crippen LogP contribution is -2.48. The van der Waals surface area contributed by atoms with Gasteiger partial charge in [0.1, 0.15) is 5.82 Å². The Balaban J connectivity index is 1.64. The Hall–Kier alpha value is -2.37. The van der Waals surface area contributed by atoms with Crippen molar-refractivity contribution >= 4 is 11.5 Å². The molecule has 0 N–H and O–H groups in total. The van der Waals surface area contributed by atoms with Gasteiger partial charge in [-0.25, -0.2) is 4.98 Å². The van der Waals surface area contributed by atoms with Gasteiger partial charge in [-0.05, 0) is 13.0 Å². The molecule has 4 rings (SSSR count). The van der Waals surface area contributed by atoms with Crippen LogP contribution in [0.15, 0.2) is 36.8 Å². The third kappa shape index (κ3) is 1.60. The van der Waals surface area contributed by atoms with Crippen LogP contribution in [0.3, 0.4) is 0 Å². The van der Waals surface area contributed by atoms with E-state index in [9.17, 15) is 0 Å². The highest BCUT2D eigenvalue weighted by molar-refractivity contribution is 5.52. The van der Waals surface area contributed by atoms with E-state index in [4.69, 9.17) is 0 Å². The lowest BCUT2D eigenvalue weighted by atomic mass is 10.1. The third-order valence-corrected chi connectivity index (χ3v) is 3.55. The van der Waals surface area contributed by atoms with E-state index in [1.165, 1.54) is 0 Å². The summed E-state index contributed by atoms with van der Waals surface area (Å²) < 4.78 is 3.91. The van der Waals surface area contributed by atoms with Crippen LogP contribution in [-0.2, 0) is 0 Å². The zero-order chi connectivity index (χ0) is 12.8. The topological polar surface area (TPSA) is 51.2 Å². The molecule has 19 heavy (non-hydrogen) atoms. The first-order valence-electron chi connectivity index (χ1n) is 6.37. The van der Waals surface area contributed by atoms with Gasteiger partial charge in [0.25, 0.3) is 0 Å². The van der Waals surface area contributed by atoms with E-state index in [1.54, 1.807) is 6.20 Å². The van der Waals surface area contributed by atoms with Crippen molar-refractivity contribution in [2.45, 2.75) is 13.0 Å². The van der Waals surface area contributed by atoms with E-state index in [-0.39, 0.29) is 0 Å². The first kappa shape index (κ1) is 10.5. The number of aromatic nitrogens is 5. The maximum atomic E-state index is 4.46. The van der Waals surface area contributed by atoms with Gasteiger partial charge >= 0.3 is 0 Å². The van der Waals surface area contributed by atoms with Crippen LogP contribution < -0.4 is 4.90 Å². The maximum absolute atomic E-state index is 4.46. The molecule has 1 fully saturated rings. The Kier molecular flexibility index (Phi) is 2.11. The van der Waals surface area contributed by atoms with E-state index in [2.05, 4.69) is 26.1 Å². The Morgan fingerprint density at radius 1 is 1.21 bits per heavy atom. The number of fused-ring (bicyclic) bond motifs is 1. The van der Waals surface area contributed by atoms with Crippen molar-refractivity contribution in [3.63, 3.8) is 0 Å². The molecule has 3 aromatic heterocycles. The summed E-state index contributed by atoms with van der Waals surface area (Å²) in [6.07, 6.45) is 5.63. The van der Waals surface area contributed by atoms with Gasteiger partial charge < -0.3 is 4.90 Å². The lowest BCUT2D eigenvalue weighted by molar-refractivity contribution is 0.364. The van der Waals surface area contributed by atoms with E-state index < -0.39 is 0 Å². The molecule has 0 spiro atoms. The normalized spacial score (nSPS) is 15.9. The molecule has 96 valence electrons. The second kappa shape index (κ2) is 3.81. The number of aryl methyl sites for hydroxylation is 1. The van der Waals surface area contributed by atoms with Gasteiger partial charge in [0.05, 0.1) is 12.2 Å². The minimum Gasteiger partial charge on any atom is -0.352 e. The van der Waals surface area contributed by atoms with Gasteiger partial charge in [-0.2, -0.15) is 14.7 Å². The standard InChI is InChI=1S/C13H14N6/c1-10-7-13(19-12(16-10)3-5-15-19)17-8-11(9-17)18-6-2-4-14-18/h2-7,11H,8-9H2,1H3. The van der Waals surface area contributed by atoms with E-state index in [0.29, 0.717) is 6.04 Å². The number of nitrogens with zero attached hydrogens (tertiary/aromatic N) is 6. The molecular weight excluding hydrogens is 240 g/mol. The van der Waals surface area contributed by atoms with Crippen LogP contribution >= 0.6 is 0 Å². The maximum Gasteiger partial charge on any atom is 0.157 e. The fourth-order valence-corrected chi connectivity index (χ4v) is 2.55. The predicted octanol–water partition coefficient (Wildman–Crippen LogP) is 1.30. The number of rotatable bonds is 2. The van der Waals surface area contributed by atoms with Gasteiger partial charge in [-0.1, -0.05) is 0 Å². The van der Waals surface area contributed by atoms with Crippen LogP contribution in [0.1, 0.15) is 11.7 Å². The summed E-state index contributed by atoms with van der Waals surface area (Å²) in [4.78, 5) is 6.77. The van der Waals surface area contributed by atoms with Crippen molar-refractivity contribution in [1.82, 2.24) is 24.4 Å². The predicted molar refractivity (Wildman–Crippen MR) is 71.2 cm³/mol. The molecule has 0 amide bonds. The number of hydrogen-bond acceptors (Lipinski definition) is 4. The molecule has 4 heterocycles. The summed E-state index contributed by atoms with van der Waals surface area (Å²) in [5.74, 6) is 1.11. The van der Waals surface area contributed by atoms with E-state index >= 15 is 0 Å². The van der Waals surface area contributed by atoms with Crippen LogP contribution in [0.4, 0.5) is 5.82 Å². The first-order valence-corrected chi connectivity index (χ1v) is 6.37. The molecule has 1 aliphatic heterocycles. The molecule has 0 radical (unpaired) electrons. The van der Waals surface area contributed by atoms with Crippen molar-refractivity contribution < 1.29 is 0 Å². The average Bonchev–Trinajstić information content (AvgIpc) is 2.96. The molecule has 0 bridgehead atoms. The molecule has 3 aromatic rings. The fourth-order valence-electron chi connectivity index (χ4n) is 2.55. The van der Waals surface area contributed by atoms with Crippen molar-refractivity contribution in [2.24, 2.45) is 0 Å². The molecule has 6 nitrogen and oxygen atoms in total. The Labute approximate surface area is 110 Å². The molecule has 1 saturated heterocycles. The molecule has 0 atom stereocenters. The first-order chi connectivity index (χ1) is 9.31. The molecule has 6 heteroatoms. The van der Waals surface area contributed by atoms with Gasteiger partial charge in [-0.3, -0.25) is 4.68 Å². The molecule has 0 aliphatic carbocycles. The molecule has 0 aromatic carbocycles. The van der Waals surface area contributed by atoms with Crippen molar-refractivity contribution in [3.05, 3.63) is 42.5 Å². The van der Waals surface area contributed by atoms with Crippen LogP contribution in [0.2, 0.25) is 0 Å². The summed E-state index contributed by atoms with van der Waals surface area (Å²) in [6, 6.07) is 6.43. The summed E-state index contributed by atoms with van der Waals surface area (Å²) in [5, 5.41) is 8.63. The third-order valence-electron chi connectivity index (χ3n) is 3.55. The van der Waals surface area contributed by atoms with E-state index in [0.717, 1.165) is 30.2 Å². The highest BCUT2D eigenvalue weighted by atomic mass is 15.4. The Bertz CT molecular complexity index is 708. The van der Waals surface area contributed by atoms with Gasteiger partial charge in [-0.15, -0.1) is 0 Å². The summed E-state index contributed by atoms with van der Waals surface area (Å²) in [6.45, 7) is 3.93. The number of hydrogen-bond donors (Lipinski definition) is 0. The number of anilines is 1. The van der Waals surface area contributed by atoms with E-state index in [1.807, 2.05) is 40.6 Å². The molecule has 1 aliphatic rings. The largest absolute Gasteiger partial charge is 0.352 e. The molecule has 0 saturated carbocycles. The minimum atomic E-state index is 0.453. The van der Waals surface area contributed by atoms with Crippen molar-refractivity contribution in [1.29, 1.82) is 0 Å². The monoisotopic (exact) mass is 254 g/mol. The van der Waals surface area contributed by atoms with Gasteiger partial charge in [0.2, 0.25) is 0 Å². The van der Waals surface area contributed by atoms with Crippen LogP contribution in [0.25, 0.3) is 5.65 Å². The highest BCUT2D eigenvalue weighted by Gasteiger charge is 2.30.